The first-order valence-electron chi connectivity index (χ1n) is 2.88. The van der Waals surface area contributed by atoms with Crippen molar-refractivity contribution in [3.05, 3.63) is 23.8 Å². The molecule has 1 aromatic heterocycles. The molecule has 56 valence electrons. The molecule has 0 amide bonds. The number of ether oxygens (including phenoxy) is 1. The molecule has 0 unspecified atom stereocenters. The van der Waals surface area contributed by atoms with Gasteiger partial charge in [-0.1, -0.05) is 0 Å². The van der Waals surface area contributed by atoms with Crippen LogP contribution in [0.5, 0.6) is 5.75 Å². The van der Waals surface area contributed by atoms with Crippen molar-refractivity contribution >= 4 is 0 Å². The van der Waals surface area contributed by atoms with Crippen molar-refractivity contribution in [1.82, 2.24) is 4.98 Å². The Kier molecular flexibility index (Phi) is 2.02. The lowest BCUT2D eigenvalue weighted by molar-refractivity contribution is 0.408. The lowest BCUT2D eigenvalue weighted by atomic mass is 10.3. The molecular formula is C7H5FN2O. The zero-order valence-corrected chi connectivity index (χ0v) is 5.84. The first-order chi connectivity index (χ1) is 5.27. The first-order valence-corrected chi connectivity index (χ1v) is 2.88. The Hall–Kier alpha value is -1.63. The molecule has 3 nitrogen and oxygen atoms in total. The van der Waals surface area contributed by atoms with Gasteiger partial charge in [0.25, 0.3) is 0 Å². The molecule has 1 aromatic rings. The highest BCUT2D eigenvalue weighted by Crippen LogP contribution is 2.13. The van der Waals surface area contributed by atoms with E-state index in [1.54, 1.807) is 6.07 Å². The van der Waals surface area contributed by atoms with Gasteiger partial charge >= 0.3 is 0 Å². The number of hydrogen-bond donors (Lipinski definition) is 0. The van der Waals surface area contributed by atoms with E-state index in [-0.39, 0.29) is 11.4 Å². The summed E-state index contributed by atoms with van der Waals surface area (Å²) < 4.78 is 17.1. The Bertz CT molecular complexity index is 306. The fourth-order valence-corrected chi connectivity index (χ4v) is 0.667. The molecule has 0 aromatic carbocycles. The van der Waals surface area contributed by atoms with E-state index in [0.717, 1.165) is 6.07 Å². The largest absolute Gasteiger partial charge is 0.494 e. The normalized spacial score (nSPS) is 8.82. The van der Waals surface area contributed by atoms with Crippen molar-refractivity contribution in [1.29, 1.82) is 5.26 Å². The van der Waals surface area contributed by atoms with Gasteiger partial charge in [-0.2, -0.15) is 9.65 Å². The predicted molar refractivity (Wildman–Crippen MR) is 35.5 cm³/mol. The number of methoxy groups -OCH3 is 1. The second kappa shape index (κ2) is 2.97. The molecule has 0 radical (unpaired) electrons. The highest BCUT2D eigenvalue weighted by Gasteiger charge is 2.03. The second-order valence-corrected chi connectivity index (χ2v) is 1.80. The maximum atomic E-state index is 12.4. The smallest absolute Gasteiger partial charge is 0.214 e. The lowest BCUT2D eigenvalue weighted by Crippen LogP contribution is -1.93. The topological polar surface area (TPSA) is 45.9 Å². The number of rotatable bonds is 1. The van der Waals surface area contributed by atoms with E-state index in [2.05, 4.69) is 4.98 Å². The van der Waals surface area contributed by atoms with Gasteiger partial charge in [0.2, 0.25) is 5.95 Å². The molecule has 1 rings (SSSR count). The van der Waals surface area contributed by atoms with Crippen LogP contribution in [0.3, 0.4) is 0 Å². The minimum Gasteiger partial charge on any atom is -0.494 e. The number of nitrogens with zero attached hydrogens (tertiary/aromatic N) is 2. The van der Waals surface area contributed by atoms with E-state index < -0.39 is 5.95 Å². The zero-order valence-electron chi connectivity index (χ0n) is 5.84. The molecule has 0 aliphatic carbocycles. The molecule has 0 saturated carbocycles. The molecule has 1 heterocycles. The van der Waals surface area contributed by atoms with Gasteiger partial charge in [-0.05, 0) is 12.1 Å². The maximum absolute atomic E-state index is 12.4. The van der Waals surface area contributed by atoms with Crippen molar-refractivity contribution in [3.8, 4) is 11.8 Å². The minimum atomic E-state index is -0.678. The van der Waals surface area contributed by atoms with E-state index in [1.165, 1.54) is 13.2 Å². The van der Waals surface area contributed by atoms with Crippen molar-refractivity contribution < 1.29 is 9.13 Å². The summed E-state index contributed by atoms with van der Waals surface area (Å²) in [6.45, 7) is 0. The van der Waals surface area contributed by atoms with Gasteiger partial charge in [-0.15, -0.1) is 0 Å². The summed E-state index contributed by atoms with van der Waals surface area (Å²) >= 11 is 0. The summed E-state index contributed by atoms with van der Waals surface area (Å²) in [5, 5.41) is 8.41. The molecule has 0 bridgehead atoms. The SMILES string of the molecule is COc1ccc(F)nc1C#N. The summed E-state index contributed by atoms with van der Waals surface area (Å²) in [7, 11) is 1.40. The van der Waals surface area contributed by atoms with Crippen LogP contribution >= 0.6 is 0 Å². The van der Waals surface area contributed by atoms with Gasteiger partial charge in [0.1, 0.15) is 6.07 Å². The van der Waals surface area contributed by atoms with Crippen LogP contribution in [0.1, 0.15) is 5.69 Å². The summed E-state index contributed by atoms with van der Waals surface area (Å²) in [6, 6.07) is 4.21. The maximum Gasteiger partial charge on any atom is 0.214 e. The average Bonchev–Trinajstić information content (AvgIpc) is 2.04. The fourth-order valence-electron chi connectivity index (χ4n) is 0.667. The van der Waals surface area contributed by atoms with Gasteiger partial charge in [-0.3, -0.25) is 0 Å². The van der Waals surface area contributed by atoms with Crippen LogP contribution in [0.4, 0.5) is 4.39 Å². The lowest BCUT2D eigenvalue weighted by Gasteiger charge is -1.98. The van der Waals surface area contributed by atoms with Gasteiger partial charge < -0.3 is 4.74 Å². The van der Waals surface area contributed by atoms with Crippen molar-refractivity contribution in [2.75, 3.05) is 7.11 Å². The van der Waals surface area contributed by atoms with Gasteiger partial charge in [0, 0.05) is 0 Å². The number of nitriles is 1. The summed E-state index contributed by atoms with van der Waals surface area (Å²) in [6.07, 6.45) is 0. The van der Waals surface area contributed by atoms with Gasteiger partial charge in [0.05, 0.1) is 7.11 Å². The Morgan fingerprint density at radius 2 is 2.36 bits per heavy atom. The van der Waals surface area contributed by atoms with E-state index in [1.807, 2.05) is 0 Å². The Labute approximate surface area is 63.1 Å². The van der Waals surface area contributed by atoms with E-state index in [9.17, 15) is 4.39 Å². The minimum absolute atomic E-state index is 0.0347. The van der Waals surface area contributed by atoms with Crippen LogP contribution in [0, 0.1) is 17.3 Å². The zero-order chi connectivity index (χ0) is 8.27. The number of pyridine rings is 1. The summed E-state index contributed by atoms with van der Waals surface area (Å²) in [5.41, 5.74) is -0.0347. The first kappa shape index (κ1) is 7.48. The van der Waals surface area contributed by atoms with Crippen LogP contribution in [-0.4, -0.2) is 12.1 Å². The molecule has 0 fully saturated rings. The summed E-state index contributed by atoms with van der Waals surface area (Å²) in [5.74, 6) is -0.392. The predicted octanol–water partition coefficient (Wildman–Crippen LogP) is 1.10. The van der Waals surface area contributed by atoms with E-state index in [0.29, 0.717) is 0 Å². The third-order valence-corrected chi connectivity index (χ3v) is 1.15. The molecule has 0 aliphatic rings. The summed E-state index contributed by atoms with van der Waals surface area (Å²) in [4.78, 5) is 3.31. The molecule has 0 saturated heterocycles. The Morgan fingerprint density at radius 3 is 2.91 bits per heavy atom. The standard InChI is InChI=1S/C7H5FN2O/c1-11-6-2-3-7(8)10-5(6)4-9/h2-3H,1H3. The molecule has 0 atom stereocenters. The molecule has 0 aliphatic heterocycles. The number of aromatic nitrogens is 1. The molecule has 11 heavy (non-hydrogen) atoms. The van der Waals surface area contributed by atoms with Gasteiger partial charge in [0.15, 0.2) is 11.4 Å². The van der Waals surface area contributed by atoms with Crippen LogP contribution < -0.4 is 4.74 Å². The monoisotopic (exact) mass is 152 g/mol. The van der Waals surface area contributed by atoms with Crippen molar-refractivity contribution in [3.63, 3.8) is 0 Å². The van der Waals surface area contributed by atoms with Gasteiger partial charge in [-0.25, -0.2) is 4.98 Å². The van der Waals surface area contributed by atoms with Crippen LogP contribution in [0.2, 0.25) is 0 Å². The van der Waals surface area contributed by atoms with Crippen LogP contribution in [0.25, 0.3) is 0 Å². The molecule has 0 N–H and O–H groups in total. The molecule has 4 heteroatoms. The highest BCUT2D eigenvalue weighted by atomic mass is 19.1. The Morgan fingerprint density at radius 1 is 1.64 bits per heavy atom. The van der Waals surface area contributed by atoms with Crippen molar-refractivity contribution in [2.24, 2.45) is 0 Å². The number of halogens is 1. The number of hydrogen-bond acceptors (Lipinski definition) is 3. The third-order valence-electron chi connectivity index (χ3n) is 1.15. The van der Waals surface area contributed by atoms with Crippen LogP contribution in [-0.2, 0) is 0 Å². The quantitative estimate of drug-likeness (QED) is 0.566. The van der Waals surface area contributed by atoms with Crippen molar-refractivity contribution in [2.45, 2.75) is 0 Å². The van der Waals surface area contributed by atoms with Crippen LogP contribution in [0.15, 0.2) is 12.1 Å². The Balaban J connectivity index is 3.19. The average molecular weight is 152 g/mol. The molecular weight excluding hydrogens is 147 g/mol. The highest BCUT2D eigenvalue weighted by molar-refractivity contribution is 5.36. The van der Waals surface area contributed by atoms with E-state index >= 15 is 0 Å². The molecule has 0 spiro atoms. The fraction of sp³-hybridized carbons (Fsp3) is 0.143. The van der Waals surface area contributed by atoms with E-state index in [4.69, 9.17) is 10.00 Å². The third kappa shape index (κ3) is 1.44. The second-order valence-electron chi connectivity index (χ2n) is 1.80.